The van der Waals surface area contributed by atoms with E-state index in [0.29, 0.717) is 0 Å². The van der Waals surface area contributed by atoms with E-state index in [1.807, 2.05) is 12.1 Å². The third-order valence-corrected chi connectivity index (χ3v) is 12.8. The molecule has 0 saturated carbocycles. The van der Waals surface area contributed by atoms with Crippen LogP contribution in [0.3, 0.4) is 0 Å². The van der Waals surface area contributed by atoms with E-state index in [-0.39, 0.29) is 16.4 Å². The predicted molar refractivity (Wildman–Crippen MR) is 240 cm³/mol. The second kappa shape index (κ2) is 12.8. The van der Waals surface area contributed by atoms with Crippen molar-refractivity contribution >= 4 is 50.7 Å². The molecule has 3 aliphatic rings. The number of anilines is 2. The van der Waals surface area contributed by atoms with Gasteiger partial charge in [0.05, 0.1) is 27.6 Å². The minimum atomic E-state index is -0.921. The van der Waals surface area contributed by atoms with Crippen molar-refractivity contribution < 1.29 is 14.6 Å². The van der Waals surface area contributed by atoms with Crippen molar-refractivity contribution in [2.75, 3.05) is 18.0 Å². The summed E-state index contributed by atoms with van der Waals surface area (Å²) in [5, 5.41) is 16.6. The van der Waals surface area contributed by atoms with E-state index in [1.54, 1.807) is 12.1 Å². The van der Waals surface area contributed by atoms with E-state index in [9.17, 15) is 9.90 Å². The van der Waals surface area contributed by atoms with Crippen LogP contribution in [0, 0.1) is 0 Å². The van der Waals surface area contributed by atoms with Crippen molar-refractivity contribution in [1.29, 1.82) is 0 Å². The van der Waals surface area contributed by atoms with E-state index in [4.69, 9.17) is 4.74 Å². The maximum atomic E-state index is 11.5. The van der Waals surface area contributed by atoms with Crippen LogP contribution < -0.4 is 24.8 Å². The SMILES string of the molecule is CC1(C)CN(c2ccc(-c3ccc(C(=O)O)cc3)cc2)c2c1c1c(c3ccccc23)C=c2c(c3c(c4ccccc24)=[N+](c2ccc(-c4ccccc4)cc2)CC3(C)C)O1. The number of rotatable bonds is 5. The summed E-state index contributed by atoms with van der Waals surface area (Å²) in [5.41, 5.74) is 11.4. The van der Waals surface area contributed by atoms with Gasteiger partial charge in [-0.2, -0.15) is 4.58 Å². The minimum absolute atomic E-state index is 0.204. The molecule has 0 amide bonds. The van der Waals surface area contributed by atoms with E-state index in [1.165, 1.54) is 60.5 Å². The zero-order chi connectivity index (χ0) is 40.2. The molecule has 0 saturated heterocycles. The molecular formula is C54H43N2O3+. The first-order chi connectivity index (χ1) is 28.6. The Balaban J connectivity index is 1.10. The van der Waals surface area contributed by atoms with Gasteiger partial charge in [0.25, 0.3) is 0 Å². The first-order valence-electron chi connectivity index (χ1n) is 20.4. The molecule has 1 N–H and O–H groups in total. The van der Waals surface area contributed by atoms with Crippen LogP contribution in [0.4, 0.5) is 17.1 Å². The Kier molecular flexibility index (Phi) is 7.61. The molecule has 0 aromatic heterocycles. The van der Waals surface area contributed by atoms with Crippen molar-refractivity contribution in [3.63, 3.8) is 0 Å². The number of hydrogen-bond donors (Lipinski definition) is 1. The minimum Gasteiger partial charge on any atom is -0.478 e. The van der Waals surface area contributed by atoms with E-state index in [2.05, 4.69) is 171 Å². The molecule has 0 fully saturated rings. The average Bonchev–Trinajstić information content (AvgIpc) is 3.73. The summed E-state index contributed by atoms with van der Waals surface area (Å²) in [6.07, 6.45) is 2.41. The van der Waals surface area contributed by atoms with Crippen LogP contribution in [0.1, 0.15) is 54.7 Å². The fourth-order valence-corrected chi connectivity index (χ4v) is 10.1. The highest BCUT2D eigenvalue weighted by Crippen LogP contribution is 2.56. The van der Waals surface area contributed by atoms with Gasteiger partial charge in [0.15, 0.2) is 6.54 Å². The summed E-state index contributed by atoms with van der Waals surface area (Å²) in [5.74, 6) is 0.993. The van der Waals surface area contributed by atoms with Gasteiger partial charge < -0.3 is 14.7 Å². The molecule has 8 aromatic carbocycles. The van der Waals surface area contributed by atoms with Crippen LogP contribution in [0.5, 0.6) is 11.5 Å². The molecule has 5 heteroatoms. The van der Waals surface area contributed by atoms with E-state index >= 15 is 0 Å². The maximum absolute atomic E-state index is 11.5. The standard InChI is InChI=1S/C54H42N2O3/c1-53(2)31-55(38-26-22-35(23-27-38)33-12-6-5-7-13-33)48-42-16-10-8-14-40(42)44-30-45-41-15-9-11-17-43(41)49-47(51(45)59-50(44)46(48)53)54(3,4)32-56(49)39-28-24-36(25-29-39)34-18-20-37(21-19-34)52(57)58/h5-30H,31-32H2,1-4H3/p+1. The van der Waals surface area contributed by atoms with E-state index < -0.39 is 5.97 Å². The monoisotopic (exact) mass is 767 g/mol. The molecule has 286 valence electrons. The van der Waals surface area contributed by atoms with Gasteiger partial charge in [-0.3, -0.25) is 0 Å². The van der Waals surface area contributed by atoms with Crippen molar-refractivity contribution in [2.24, 2.45) is 0 Å². The fraction of sp³-hybridized carbons (Fsp3) is 0.148. The molecule has 0 spiro atoms. The van der Waals surface area contributed by atoms with Crippen LogP contribution >= 0.6 is 0 Å². The van der Waals surface area contributed by atoms with Crippen LogP contribution in [0.15, 0.2) is 152 Å². The quantitative estimate of drug-likeness (QED) is 0.177. The lowest BCUT2D eigenvalue weighted by molar-refractivity contribution is 0.0697. The highest BCUT2D eigenvalue weighted by molar-refractivity contribution is 6.08. The number of fused-ring (bicyclic) bond motifs is 12. The Morgan fingerprint density at radius 1 is 0.593 bits per heavy atom. The largest absolute Gasteiger partial charge is 0.478 e. The van der Waals surface area contributed by atoms with Crippen molar-refractivity contribution in [3.8, 4) is 33.8 Å². The third-order valence-electron chi connectivity index (χ3n) is 12.8. The summed E-state index contributed by atoms with van der Waals surface area (Å²) >= 11 is 0. The van der Waals surface area contributed by atoms with Crippen molar-refractivity contribution in [1.82, 2.24) is 4.58 Å². The highest BCUT2D eigenvalue weighted by atomic mass is 16.5. The molecule has 3 aliphatic heterocycles. The Bertz CT molecular complexity index is 3180. The second-order valence-electron chi connectivity index (χ2n) is 17.6. The van der Waals surface area contributed by atoms with Crippen LogP contribution in [0.2, 0.25) is 0 Å². The van der Waals surface area contributed by atoms with Gasteiger partial charge in [0, 0.05) is 51.5 Å². The van der Waals surface area contributed by atoms with Gasteiger partial charge in [0.1, 0.15) is 11.5 Å². The molecule has 8 aromatic rings. The van der Waals surface area contributed by atoms with Crippen LogP contribution in [-0.2, 0) is 10.8 Å². The summed E-state index contributed by atoms with van der Waals surface area (Å²) in [7, 11) is 0. The number of carboxylic acids is 1. The first kappa shape index (κ1) is 35.2. The molecule has 5 nitrogen and oxygen atoms in total. The smallest absolute Gasteiger partial charge is 0.335 e. The molecule has 0 bridgehead atoms. The normalized spacial score (nSPS) is 15.6. The van der Waals surface area contributed by atoms with Crippen LogP contribution in [-0.4, -0.2) is 24.2 Å². The number of hydrogen-bond acceptors (Lipinski definition) is 3. The summed E-state index contributed by atoms with van der Waals surface area (Å²) < 4.78 is 10.1. The van der Waals surface area contributed by atoms with Gasteiger partial charge in [-0.05, 0) is 95.4 Å². The lowest BCUT2D eigenvalue weighted by atomic mass is 9.81. The molecular weight excluding hydrogens is 725 g/mol. The summed E-state index contributed by atoms with van der Waals surface area (Å²) in [4.78, 5) is 13.9. The Morgan fingerprint density at radius 3 is 1.81 bits per heavy atom. The van der Waals surface area contributed by atoms with Crippen LogP contribution in [0.25, 0.3) is 49.9 Å². The van der Waals surface area contributed by atoms with Gasteiger partial charge in [-0.15, -0.1) is 0 Å². The number of carboxylic acid groups (broad SMARTS) is 1. The second-order valence-corrected chi connectivity index (χ2v) is 17.6. The first-order valence-corrected chi connectivity index (χ1v) is 20.4. The topological polar surface area (TPSA) is 52.8 Å². The number of ether oxygens (including phenoxy) is 1. The van der Waals surface area contributed by atoms with Crippen molar-refractivity contribution in [2.45, 2.75) is 38.5 Å². The lowest BCUT2D eigenvalue weighted by Crippen LogP contribution is -2.29. The number of nitrogens with zero attached hydrogens (tertiary/aromatic N) is 2. The zero-order valence-electron chi connectivity index (χ0n) is 33.6. The Morgan fingerprint density at radius 2 is 1.15 bits per heavy atom. The molecule has 0 radical (unpaired) electrons. The fourth-order valence-electron chi connectivity index (χ4n) is 10.1. The Hall–Kier alpha value is -6.98. The molecule has 59 heavy (non-hydrogen) atoms. The summed E-state index contributed by atoms with van der Waals surface area (Å²) in [6, 6.07) is 52.9. The maximum Gasteiger partial charge on any atom is 0.335 e. The van der Waals surface area contributed by atoms with Gasteiger partial charge in [-0.1, -0.05) is 111 Å². The number of aromatic carboxylic acids is 1. The van der Waals surface area contributed by atoms with Gasteiger partial charge in [0.2, 0.25) is 11.0 Å². The van der Waals surface area contributed by atoms with Crippen molar-refractivity contribution in [3.05, 3.63) is 184 Å². The summed E-state index contributed by atoms with van der Waals surface area (Å²) in [6.45, 7) is 11.0. The molecule has 0 atom stereocenters. The predicted octanol–water partition coefficient (Wildman–Crippen LogP) is 11.5. The highest BCUT2D eigenvalue weighted by Gasteiger charge is 2.46. The Labute approximate surface area is 343 Å². The zero-order valence-corrected chi connectivity index (χ0v) is 33.6. The molecule has 3 heterocycles. The van der Waals surface area contributed by atoms with Gasteiger partial charge >= 0.3 is 5.97 Å². The van der Waals surface area contributed by atoms with E-state index in [0.717, 1.165) is 52.2 Å². The molecule has 0 aliphatic carbocycles. The average molecular weight is 768 g/mol. The lowest BCUT2D eigenvalue weighted by Gasteiger charge is -2.28. The number of carbonyl (C=O) groups is 1. The number of benzene rings is 8. The third kappa shape index (κ3) is 5.38. The van der Waals surface area contributed by atoms with Gasteiger partial charge in [-0.25, -0.2) is 4.79 Å². The molecule has 0 unspecified atom stereocenters. The molecule has 11 rings (SSSR count).